The number of amides is 1. The predicted molar refractivity (Wildman–Crippen MR) is 119 cm³/mol. The molecule has 0 radical (unpaired) electrons. The molecule has 0 spiro atoms. The molecule has 1 amide bonds. The monoisotopic (exact) mass is 469 g/mol. The van der Waals surface area contributed by atoms with Gasteiger partial charge in [-0.25, -0.2) is 13.5 Å². The van der Waals surface area contributed by atoms with E-state index in [-0.39, 0.29) is 24.0 Å². The van der Waals surface area contributed by atoms with Gasteiger partial charge in [0.05, 0.1) is 11.4 Å². The van der Waals surface area contributed by atoms with E-state index in [1.165, 1.54) is 12.1 Å². The van der Waals surface area contributed by atoms with Crippen LogP contribution in [0.25, 0.3) is 5.69 Å². The Morgan fingerprint density at radius 3 is 2.47 bits per heavy atom. The van der Waals surface area contributed by atoms with Crippen LogP contribution >= 0.6 is 0 Å². The highest BCUT2D eigenvalue weighted by molar-refractivity contribution is 5.83. The summed E-state index contributed by atoms with van der Waals surface area (Å²) in [7, 11) is 0. The summed E-state index contributed by atoms with van der Waals surface area (Å²) in [6, 6.07) is 9.50. The average molecular weight is 469 g/mol. The second-order valence-corrected chi connectivity index (χ2v) is 8.60. The number of carbonyl (C=O) groups excluding carboxylic acids is 1. The third-order valence-electron chi connectivity index (χ3n) is 6.50. The molecular formula is C23H25F2N7O2. The highest BCUT2D eigenvalue weighted by atomic mass is 19.3. The van der Waals surface area contributed by atoms with Gasteiger partial charge in [-0.3, -0.25) is 4.79 Å². The number of carbonyl (C=O) groups is 1. The summed E-state index contributed by atoms with van der Waals surface area (Å²) in [5.74, 6) is 2.16. The number of rotatable bonds is 8. The van der Waals surface area contributed by atoms with Crippen LogP contribution < -0.4 is 15.0 Å². The van der Waals surface area contributed by atoms with Gasteiger partial charge in [0.25, 0.3) is 6.43 Å². The quantitative estimate of drug-likeness (QED) is 0.542. The first kappa shape index (κ1) is 22.2. The van der Waals surface area contributed by atoms with E-state index in [9.17, 15) is 13.6 Å². The molecule has 2 aliphatic rings. The first-order valence-corrected chi connectivity index (χ1v) is 11.2. The number of alkyl halides is 2. The minimum atomic E-state index is -2.52. The van der Waals surface area contributed by atoms with Crippen molar-refractivity contribution in [1.29, 1.82) is 0 Å². The SMILES string of the molecule is CCNC(=O)C1C2CN(c3ccc(OCc4c(C)nnn4-c4ccc(C(F)F)cc4)nn3)CC21. The Kier molecular flexibility index (Phi) is 5.84. The standard InChI is InChI=1S/C23H25F2N7O2/c1-3-26-23(33)21-16-10-31(11-17(16)21)19-8-9-20(29-28-19)34-12-18-13(2)27-30-32(18)15-6-4-14(5-7-15)22(24)25/h4-9,16-17,21-22H,3,10-12H2,1-2H3,(H,26,33). The molecule has 5 rings (SSSR count). The normalized spacial score (nSPS) is 21.0. The number of aromatic nitrogens is 5. The zero-order valence-corrected chi connectivity index (χ0v) is 18.9. The van der Waals surface area contributed by atoms with Gasteiger partial charge in [0.2, 0.25) is 11.8 Å². The lowest BCUT2D eigenvalue weighted by molar-refractivity contribution is -0.122. The molecule has 3 heterocycles. The molecule has 1 saturated carbocycles. The van der Waals surface area contributed by atoms with E-state index in [2.05, 4.69) is 30.7 Å². The summed E-state index contributed by atoms with van der Waals surface area (Å²) in [5.41, 5.74) is 1.92. The number of anilines is 1. The topological polar surface area (TPSA) is 98.1 Å². The van der Waals surface area contributed by atoms with Gasteiger partial charge in [-0.15, -0.1) is 15.3 Å². The number of fused-ring (bicyclic) bond motifs is 1. The van der Waals surface area contributed by atoms with Gasteiger partial charge < -0.3 is 15.0 Å². The van der Waals surface area contributed by atoms with Crippen molar-refractivity contribution in [3.8, 4) is 11.6 Å². The summed E-state index contributed by atoms with van der Waals surface area (Å²) in [4.78, 5) is 14.2. The van der Waals surface area contributed by atoms with Crippen LogP contribution in [-0.2, 0) is 11.4 Å². The van der Waals surface area contributed by atoms with Crippen LogP contribution in [0.3, 0.4) is 0 Å². The van der Waals surface area contributed by atoms with E-state index in [1.54, 1.807) is 29.8 Å². The van der Waals surface area contributed by atoms with Crippen molar-refractivity contribution in [1.82, 2.24) is 30.5 Å². The Balaban J connectivity index is 1.20. The number of benzene rings is 1. The van der Waals surface area contributed by atoms with Crippen LogP contribution in [0.2, 0.25) is 0 Å². The molecule has 1 aliphatic heterocycles. The fourth-order valence-corrected chi connectivity index (χ4v) is 4.61. The minimum absolute atomic E-state index is 0.0520. The van der Waals surface area contributed by atoms with E-state index >= 15 is 0 Å². The molecule has 2 unspecified atom stereocenters. The molecule has 2 atom stereocenters. The molecule has 3 aromatic rings. The van der Waals surface area contributed by atoms with Crippen molar-refractivity contribution in [3.63, 3.8) is 0 Å². The molecule has 1 aliphatic carbocycles. The zero-order chi connectivity index (χ0) is 23.8. The molecular weight excluding hydrogens is 444 g/mol. The maximum atomic E-state index is 12.8. The highest BCUT2D eigenvalue weighted by Crippen LogP contribution is 2.52. The number of halogens is 2. The first-order valence-electron chi connectivity index (χ1n) is 11.2. The smallest absolute Gasteiger partial charge is 0.263 e. The van der Waals surface area contributed by atoms with Gasteiger partial charge in [-0.05, 0) is 43.9 Å². The van der Waals surface area contributed by atoms with Crippen LogP contribution in [0.15, 0.2) is 36.4 Å². The molecule has 9 nitrogen and oxygen atoms in total. The number of nitrogens with one attached hydrogen (secondary N) is 1. The van der Waals surface area contributed by atoms with Crippen LogP contribution in [0, 0.1) is 24.7 Å². The largest absolute Gasteiger partial charge is 0.470 e. The maximum Gasteiger partial charge on any atom is 0.263 e. The third-order valence-corrected chi connectivity index (χ3v) is 6.50. The molecule has 1 N–H and O–H groups in total. The van der Waals surface area contributed by atoms with Gasteiger partial charge in [0.15, 0.2) is 5.82 Å². The van der Waals surface area contributed by atoms with Gasteiger partial charge in [0, 0.05) is 37.2 Å². The van der Waals surface area contributed by atoms with Gasteiger partial charge in [-0.2, -0.15) is 0 Å². The number of piperidine rings is 1. The summed E-state index contributed by atoms with van der Waals surface area (Å²) in [5, 5.41) is 19.6. The van der Waals surface area contributed by atoms with Crippen LogP contribution in [0.4, 0.5) is 14.6 Å². The Morgan fingerprint density at radius 2 is 1.85 bits per heavy atom. The number of aryl methyl sites for hydroxylation is 1. The van der Waals surface area contributed by atoms with Gasteiger partial charge >= 0.3 is 0 Å². The van der Waals surface area contributed by atoms with Crippen LogP contribution in [0.5, 0.6) is 5.88 Å². The average Bonchev–Trinajstić information content (AvgIpc) is 3.13. The summed E-state index contributed by atoms with van der Waals surface area (Å²) in [6.07, 6.45) is -2.52. The molecule has 178 valence electrons. The fraction of sp³-hybridized carbons (Fsp3) is 0.435. The summed E-state index contributed by atoms with van der Waals surface area (Å²) >= 11 is 0. The van der Waals surface area contributed by atoms with Crippen molar-refractivity contribution in [2.45, 2.75) is 26.9 Å². The molecule has 0 bridgehead atoms. The van der Waals surface area contributed by atoms with Gasteiger partial charge in [-0.1, -0.05) is 17.3 Å². The molecule has 34 heavy (non-hydrogen) atoms. The van der Waals surface area contributed by atoms with Crippen LogP contribution in [0.1, 0.15) is 30.3 Å². The van der Waals surface area contributed by atoms with E-state index in [0.29, 0.717) is 41.3 Å². The van der Waals surface area contributed by atoms with Crippen molar-refractivity contribution in [2.24, 2.45) is 17.8 Å². The van der Waals surface area contributed by atoms with Crippen molar-refractivity contribution in [2.75, 3.05) is 24.5 Å². The molecule has 11 heteroatoms. The zero-order valence-electron chi connectivity index (χ0n) is 18.9. The molecule has 2 fully saturated rings. The van der Waals surface area contributed by atoms with Crippen molar-refractivity contribution in [3.05, 3.63) is 53.3 Å². The number of nitrogens with zero attached hydrogens (tertiary/aromatic N) is 6. The van der Waals surface area contributed by atoms with Crippen molar-refractivity contribution >= 4 is 11.7 Å². The number of ether oxygens (including phenoxy) is 1. The predicted octanol–water partition coefficient (Wildman–Crippen LogP) is 2.70. The minimum Gasteiger partial charge on any atom is -0.470 e. The lowest BCUT2D eigenvalue weighted by Gasteiger charge is -2.20. The van der Waals surface area contributed by atoms with E-state index in [4.69, 9.17) is 4.74 Å². The maximum absolute atomic E-state index is 12.8. The first-order chi connectivity index (χ1) is 16.5. The molecule has 1 aromatic carbocycles. The van der Waals surface area contributed by atoms with E-state index < -0.39 is 6.43 Å². The lowest BCUT2D eigenvalue weighted by Crippen LogP contribution is -2.32. The second kappa shape index (κ2) is 8.96. The van der Waals surface area contributed by atoms with Gasteiger partial charge in [0.1, 0.15) is 12.3 Å². The Morgan fingerprint density at radius 1 is 1.12 bits per heavy atom. The van der Waals surface area contributed by atoms with Crippen LogP contribution in [-0.4, -0.2) is 50.7 Å². The molecule has 1 saturated heterocycles. The summed E-state index contributed by atoms with van der Waals surface area (Å²) in [6.45, 7) is 6.14. The Hall–Kier alpha value is -3.63. The Labute approximate surface area is 195 Å². The highest BCUT2D eigenvalue weighted by Gasteiger charge is 2.59. The molecule has 2 aromatic heterocycles. The van der Waals surface area contributed by atoms with Crippen molar-refractivity contribution < 1.29 is 18.3 Å². The lowest BCUT2D eigenvalue weighted by atomic mass is 10.2. The Bertz CT molecular complexity index is 1160. The summed E-state index contributed by atoms with van der Waals surface area (Å²) < 4.78 is 33.0. The number of hydrogen-bond donors (Lipinski definition) is 1. The number of hydrogen-bond acceptors (Lipinski definition) is 7. The second-order valence-electron chi connectivity index (χ2n) is 8.60. The fourth-order valence-electron chi connectivity index (χ4n) is 4.61. The van der Waals surface area contributed by atoms with E-state index in [1.807, 2.05) is 13.0 Å². The van der Waals surface area contributed by atoms with E-state index in [0.717, 1.165) is 18.9 Å². The third kappa shape index (κ3) is 4.17.